The minimum Gasteiger partial charge on any atom is -0.456 e. The number of esters is 1. The first kappa shape index (κ1) is 9.45. The molecule has 5 heteroatoms. The third kappa shape index (κ3) is 0.877. The van der Waals surface area contributed by atoms with E-state index >= 15 is 0 Å². The lowest BCUT2D eigenvalue weighted by molar-refractivity contribution is -0.153. The van der Waals surface area contributed by atoms with E-state index in [2.05, 4.69) is 5.32 Å². The molecule has 2 rings (SSSR count). The number of aliphatic hydroxyl groups is 1. The zero-order valence-corrected chi connectivity index (χ0v) is 8.16. The van der Waals surface area contributed by atoms with Crippen LogP contribution in [0, 0.1) is 5.92 Å². The fourth-order valence-corrected chi connectivity index (χ4v) is 2.23. The van der Waals surface area contributed by atoms with Gasteiger partial charge >= 0.3 is 5.97 Å². The maximum atomic E-state index is 11.5. The molecule has 0 spiro atoms. The van der Waals surface area contributed by atoms with Gasteiger partial charge in [-0.15, -0.1) is 0 Å². The van der Waals surface area contributed by atoms with Gasteiger partial charge in [0, 0.05) is 0 Å². The Morgan fingerprint density at radius 3 is 2.79 bits per heavy atom. The molecule has 0 bridgehead atoms. The largest absolute Gasteiger partial charge is 0.456 e. The van der Waals surface area contributed by atoms with E-state index in [1.807, 2.05) is 0 Å². The lowest BCUT2D eigenvalue weighted by Crippen LogP contribution is -2.57. The van der Waals surface area contributed by atoms with Crippen LogP contribution < -0.4 is 5.32 Å². The van der Waals surface area contributed by atoms with Crippen LogP contribution in [-0.4, -0.2) is 34.7 Å². The van der Waals surface area contributed by atoms with Gasteiger partial charge in [0.05, 0.1) is 18.9 Å². The number of aliphatic hydroxyl groups excluding tert-OH is 1. The van der Waals surface area contributed by atoms with Crippen LogP contribution in [0.15, 0.2) is 0 Å². The van der Waals surface area contributed by atoms with Crippen LogP contribution in [0.2, 0.25) is 0 Å². The van der Waals surface area contributed by atoms with Gasteiger partial charge < -0.3 is 15.2 Å². The number of nitrogens with one attached hydrogen (secondary N) is 1. The van der Waals surface area contributed by atoms with Crippen LogP contribution in [0.4, 0.5) is 0 Å². The van der Waals surface area contributed by atoms with Gasteiger partial charge in [0.25, 0.3) is 0 Å². The molecule has 0 aromatic rings. The lowest BCUT2D eigenvalue weighted by atomic mass is 9.79. The zero-order valence-electron chi connectivity index (χ0n) is 8.16. The molecule has 0 aliphatic carbocycles. The molecular weight excluding hydrogens is 186 g/mol. The summed E-state index contributed by atoms with van der Waals surface area (Å²) in [5, 5.41) is 11.9. The second kappa shape index (κ2) is 2.48. The molecule has 0 radical (unpaired) electrons. The number of fused-ring (bicyclic) bond motifs is 1. The van der Waals surface area contributed by atoms with Crippen LogP contribution in [0.25, 0.3) is 0 Å². The predicted octanol–water partition coefficient (Wildman–Crippen LogP) is -0.811. The first-order valence-electron chi connectivity index (χ1n) is 4.58. The summed E-state index contributed by atoms with van der Waals surface area (Å²) < 4.78 is 5.17. The third-order valence-electron chi connectivity index (χ3n) is 3.49. The summed E-state index contributed by atoms with van der Waals surface area (Å²) in [7, 11) is 0. The highest BCUT2D eigenvalue weighted by molar-refractivity contribution is 5.91. The van der Waals surface area contributed by atoms with E-state index in [0.717, 1.165) is 0 Å². The highest BCUT2D eigenvalue weighted by Crippen LogP contribution is 2.45. The molecule has 78 valence electrons. The van der Waals surface area contributed by atoms with E-state index in [0.29, 0.717) is 0 Å². The summed E-state index contributed by atoms with van der Waals surface area (Å²) in [6.07, 6.45) is 0.109. The highest BCUT2D eigenvalue weighted by atomic mass is 16.6. The fraction of sp³-hybridized carbons (Fsp3) is 0.778. The van der Waals surface area contributed by atoms with Crippen LogP contribution in [0.5, 0.6) is 0 Å². The normalized spacial score (nSPS) is 46.1. The molecule has 0 aromatic carbocycles. The number of amides is 1. The average molecular weight is 199 g/mol. The van der Waals surface area contributed by atoms with Crippen molar-refractivity contribution in [2.24, 2.45) is 5.92 Å². The molecule has 2 fully saturated rings. The first-order chi connectivity index (χ1) is 6.43. The monoisotopic (exact) mass is 199 g/mol. The van der Waals surface area contributed by atoms with E-state index < -0.39 is 17.1 Å². The van der Waals surface area contributed by atoms with Gasteiger partial charge in [-0.3, -0.25) is 9.59 Å². The van der Waals surface area contributed by atoms with Gasteiger partial charge in [-0.25, -0.2) is 0 Å². The Hall–Kier alpha value is -1.10. The van der Waals surface area contributed by atoms with Crippen molar-refractivity contribution < 1.29 is 19.4 Å². The van der Waals surface area contributed by atoms with E-state index in [1.54, 1.807) is 13.8 Å². The Balaban J connectivity index is 2.43. The summed E-state index contributed by atoms with van der Waals surface area (Å²) in [5.74, 6) is -1.05. The SMILES string of the molecule is C[C@]1(CO)NC(=O)[C@@H]2CC(=O)O[C@@]21C. The molecule has 2 N–H and O–H groups in total. The van der Waals surface area contributed by atoms with Crippen molar-refractivity contribution in [3.05, 3.63) is 0 Å². The zero-order chi connectivity index (χ0) is 10.6. The van der Waals surface area contributed by atoms with Gasteiger partial charge in [0.15, 0.2) is 0 Å². The number of hydrogen-bond donors (Lipinski definition) is 2. The molecule has 0 unspecified atom stereocenters. The third-order valence-corrected chi connectivity index (χ3v) is 3.49. The second-order valence-corrected chi connectivity index (χ2v) is 4.32. The van der Waals surface area contributed by atoms with E-state index in [4.69, 9.17) is 4.74 Å². The minimum atomic E-state index is -0.907. The fourth-order valence-electron chi connectivity index (χ4n) is 2.23. The summed E-state index contributed by atoms with van der Waals surface area (Å²) in [5.41, 5.74) is -1.77. The maximum absolute atomic E-state index is 11.5. The summed E-state index contributed by atoms with van der Waals surface area (Å²) in [6.45, 7) is 3.14. The maximum Gasteiger partial charge on any atom is 0.307 e. The van der Waals surface area contributed by atoms with E-state index in [-0.39, 0.29) is 24.9 Å². The molecule has 5 nitrogen and oxygen atoms in total. The Bertz CT molecular complexity index is 316. The van der Waals surface area contributed by atoms with Crippen molar-refractivity contribution in [2.45, 2.75) is 31.4 Å². The number of carbonyl (C=O) groups is 2. The lowest BCUT2D eigenvalue weighted by Gasteiger charge is -2.36. The molecular formula is C9H13NO4. The molecule has 1 amide bonds. The summed E-state index contributed by atoms with van der Waals surface area (Å²) in [6, 6.07) is 0. The molecule has 0 aromatic heterocycles. The van der Waals surface area contributed by atoms with Gasteiger partial charge in [-0.2, -0.15) is 0 Å². The number of hydrogen-bond acceptors (Lipinski definition) is 4. The smallest absolute Gasteiger partial charge is 0.307 e. The molecule has 2 heterocycles. The molecule has 2 saturated heterocycles. The standard InChI is InChI=1S/C9H13NO4/c1-8(4-11)9(2)5(7(13)10-8)3-6(12)14-9/h5,11H,3-4H2,1-2H3,(H,10,13)/t5-,8+,9-/m0/s1. The van der Waals surface area contributed by atoms with Gasteiger partial charge in [0.1, 0.15) is 11.1 Å². The van der Waals surface area contributed by atoms with Crippen molar-refractivity contribution in [3.8, 4) is 0 Å². The molecule has 14 heavy (non-hydrogen) atoms. The number of rotatable bonds is 1. The van der Waals surface area contributed by atoms with Gasteiger partial charge in [-0.05, 0) is 13.8 Å². The highest BCUT2D eigenvalue weighted by Gasteiger charge is 2.65. The van der Waals surface area contributed by atoms with Crippen LogP contribution in [0.1, 0.15) is 20.3 Å². The summed E-state index contributed by atoms with van der Waals surface area (Å²) >= 11 is 0. The van der Waals surface area contributed by atoms with E-state index in [1.165, 1.54) is 0 Å². The number of carbonyl (C=O) groups excluding carboxylic acids is 2. The molecule has 0 saturated carbocycles. The Morgan fingerprint density at radius 1 is 1.57 bits per heavy atom. The van der Waals surface area contributed by atoms with Crippen LogP contribution in [-0.2, 0) is 14.3 Å². The van der Waals surface area contributed by atoms with Crippen molar-refractivity contribution in [1.29, 1.82) is 0 Å². The predicted molar refractivity (Wildman–Crippen MR) is 46.2 cm³/mol. The molecule has 2 aliphatic heterocycles. The quantitative estimate of drug-likeness (QED) is 0.541. The van der Waals surface area contributed by atoms with Crippen molar-refractivity contribution >= 4 is 11.9 Å². The minimum absolute atomic E-state index is 0.109. The van der Waals surface area contributed by atoms with E-state index in [9.17, 15) is 14.7 Å². The molecule has 3 atom stereocenters. The molecule has 2 aliphatic rings. The first-order valence-corrected chi connectivity index (χ1v) is 4.58. The summed E-state index contributed by atoms with van der Waals surface area (Å²) in [4.78, 5) is 22.7. The van der Waals surface area contributed by atoms with Crippen molar-refractivity contribution in [3.63, 3.8) is 0 Å². The van der Waals surface area contributed by atoms with Gasteiger partial charge in [-0.1, -0.05) is 0 Å². The number of ether oxygens (including phenoxy) is 1. The second-order valence-electron chi connectivity index (χ2n) is 4.32. The van der Waals surface area contributed by atoms with Crippen molar-refractivity contribution in [1.82, 2.24) is 5.32 Å². The topological polar surface area (TPSA) is 75.6 Å². The average Bonchev–Trinajstić information content (AvgIpc) is 2.49. The van der Waals surface area contributed by atoms with Crippen molar-refractivity contribution in [2.75, 3.05) is 6.61 Å². The van der Waals surface area contributed by atoms with Crippen LogP contribution >= 0.6 is 0 Å². The Morgan fingerprint density at radius 2 is 2.21 bits per heavy atom. The van der Waals surface area contributed by atoms with Crippen LogP contribution in [0.3, 0.4) is 0 Å². The Kier molecular flexibility index (Phi) is 1.67. The van der Waals surface area contributed by atoms with Gasteiger partial charge in [0.2, 0.25) is 5.91 Å². The Labute approximate surface area is 81.4 Å².